The van der Waals surface area contributed by atoms with Crippen molar-refractivity contribution in [2.45, 2.75) is 13.8 Å². The summed E-state index contributed by atoms with van der Waals surface area (Å²) in [7, 11) is 1.71. The van der Waals surface area contributed by atoms with Crippen molar-refractivity contribution in [3.63, 3.8) is 0 Å². The largest absolute Gasteiger partial charge is 0.496 e. The van der Waals surface area contributed by atoms with Crippen molar-refractivity contribution >= 4 is 27.7 Å². The minimum Gasteiger partial charge on any atom is -0.496 e. The van der Waals surface area contributed by atoms with Gasteiger partial charge in [0.05, 0.1) is 7.11 Å². The summed E-state index contributed by atoms with van der Waals surface area (Å²) in [6.07, 6.45) is 0. The molecule has 196 valence electrons. The molecule has 1 aromatic heterocycles. The number of anilines is 3. The van der Waals surface area contributed by atoms with Crippen molar-refractivity contribution in [3.05, 3.63) is 139 Å². The fraction of sp³-hybridized carbons (Fsp3) is 0.0833. The Kier molecular flexibility index (Phi) is 7.17. The highest BCUT2D eigenvalue weighted by Crippen LogP contribution is 2.48. The molecule has 3 nitrogen and oxygen atoms in total. The highest BCUT2D eigenvalue weighted by atomic mass is 32.1. The lowest BCUT2D eigenvalue weighted by Gasteiger charge is -2.25. The molecule has 0 aliphatic heterocycles. The molecule has 6 aromatic rings. The van der Waals surface area contributed by atoms with E-state index >= 15 is 0 Å². The summed E-state index contributed by atoms with van der Waals surface area (Å²) < 4.78 is 5.80. The maximum Gasteiger partial charge on any atom is 0.129 e. The van der Waals surface area contributed by atoms with Crippen LogP contribution in [-0.4, -0.2) is 12.1 Å². The maximum absolute atomic E-state index is 5.80. The second kappa shape index (κ2) is 11.2. The maximum atomic E-state index is 5.80. The van der Waals surface area contributed by atoms with Gasteiger partial charge in [-0.15, -0.1) is 0 Å². The highest BCUT2D eigenvalue weighted by molar-refractivity contribution is 7.19. The number of aryl methyl sites for hydroxylation is 2. The first kappa shape index (κ1) is 25.6. The first-order valence-electron chi connectivity index (χ1n) is 13.3. The zero-order valence-corrected chi connectivity index (χ0v) is 23.7. The number of methoxy groups -OCH3 is 1. The van der Waals surface area contributed by atoms with Crippen LogP contribution < -0.4 is 9.64 Å². The SMILES string of the molecule is COc1ccccc1-c1nc(-c2ccc(-c3ccccc3)cc2)sc1N(c1ccc(C)cc1)c1ccc(C)cc1. The number of ether oxygens (including phenoxy) is 1. The molecule has 0 fully saturated rings. The van der Waals surface area contributed by atoms with Crippen molar-refractivity contribution < 1.29 is 4.74 Å². The fourth-order valence-corrected chi connectivity index (χ4v) is 5.94. The number of hydrogen-bond donors (Lipinski definition) is 0. The molecule has 0 N–H and O–H groups in total. The zero-order chi connectivity index (χ0) is 27.5. The van der Waals surface area contributed by atoms with Gasteiger partial charge in [0, 0.05) is 22.5 Å². The molecule has 0 spiro atoms. The number of rotatable bonds is 7. The Morgan fingerprint density at radius 3 is 1.70 bits per heavy atom. The second-order valence-electron chi connectivity index (χ2n) is 9.82. The minimum atomic E-state index is 0.799. The zero-order valence-electron chi connectivity index (χ0n) is 22.8. The quantitative estimate of drug-likeness (QED) is 0.202. The van der Waals surface area contributed by atoms with Crippen molar-refractivity contribution in [2.75, 3.05) is 12.0 Å². The molecular formula is C36H30N2OS. The van der Waals surface area contributed by atoms with E-state index in [1.807, 2.05) is 24.3 Å². The Hall–Kier alpha value is -4.67. The van der Waals surface area contributed by atoms with Crippen LogP contribution in [0.4, 0.5) is 16.4 Å². The summed E-state index contributed by atoms with van der Waals surface area (Å²) >= 11 is 1.69. The Morgan fingerprint density at radius 1 is 0.575 bits per heavy atom. The molecule has 5 aromatic carbocycles. The van der Waals surface area contributed by atoms with Crippen molar-refractivity contribution in [3.8, 4) is 38.7 Å². The van der Waals surface area contributed by atoms with Crippen LogP contribution in [0, 0.1) is 13.8 Å². The molecule has 0 saturated heterocycles. The predicted octanol–water partition coefficient (Wildman–Crippen LogP) is 10.2. The van der Waals surface area contributed by atoms with E-state index in [2.05, 4.69) is 122 Å². The molecule has 0 aliphatic rings. The normalized spacial score (nSPS) is 10.9. The lowest BCUT2D eigenvalue weighted by molar-refractivity contribution is 0.416. The second-order valence-corrected chi connectivity index (χ2v) is 10.8. The minimum absolute atomic E-state index is 0.799. The predicted molar refractivity (Wildman–Crippen MR) is 169 cm³/mol. The molecule has 0 saturated carbocycles. The van der Waals surface area contributed by atoms with Gasteiger partial charge in [0.2, 0.25) is 0 Å². The molecule has 0 radical (unpaired) electrons. The van der Waals surface area contributed by atoms with Crippen LogP contribution in [0.5, 0.6) is 5.75 Å². The van der Waals surface area contributed by atoms with Gasteiger partial charge in [-0.2, -0.15) is 0 Å². The Labute approximate surface area is 240 Å². The summed E-state index contributed by atoms with van der Waals surface area (Å²) in [6, 6.07) is 44.6. The topological polar surface area (TPSA) is 25.4 Å². The van der Waals surface area contributed by atoms with Gasteiger partial charge in [-0.05, 0) is 61.4 Å². The van der Waals surface area contributed by atoms with Gasteiger partial charge in [-0.25, -0.2) is 4.98 Å². The first-order valence-corrected chi connectivity index (χ1v) is 14.2. The summed E-state index contributed by atoms with van der Waals surface area (Å²) in [6.45, 7) is 4.23. The lowest BCUT2D eigenvalue weighted by atomic mass is 10.0. The van der Waals surface area contributed by atoms with Crippen LogP contribution in [0.3, 0.4) is 0 Å². The molecule has 0 aliphatic carbocycles. The van der Waals surface area contributed by atoms with Crippen LogP contribution in [0.2, 0.25) is 0 Å². The van der Waals surface area contributed by atoms with Crippen LogP contribution in [0.15, 0.2) is 127 Å². The number of nitrogens with zero attached hydrogens (tertiary/aromatic N) is 2. The summed E-state index contributed by atoms with van der Waals surface area (Å²) in [4.78, 5) is 7.57. The fourth-order valence-electron chi connectivity index (χ4n) is 4.81. The van der Waals surface area contributed by atoms with Gasteiger partial charge in [0.25, 0.3) is 0 Å². The number of aromatic nitrogens is 1. The summed E-state index contributed by atoms with van der Waals surface area (Å²) in [5.74, 6) is 0.799. The molecule has 0 unspecified atom stereocenters. The monoisotopic (exact) mass is 538 g/mol. The average Bonchev–Trinajstić information content (AvgIpc) is 3.44. The van der Waals surface area contributed by atoms with Crippen molar-refractivity contribution in [1.82, 2.24) is 4.98 Å². The smallest absolute Gasteiger partial charge is 0.129 e. The Morgan fingerprint density at radius 2 is 1.10 bits per heavy atom. The van der Waals surface area contributed by atoms with Crippen LogP contribution in [0.25, 0.3) is 33.0 Å². The third-order valence-electron chi connectivity index (χ3n) is 7.00. The van der Waals surface area contributed by atoms with Gasteiger partial charge in [-0.3, -0.25) is 0 Å². The standard InChI is InChI=1S/C36H30N2OS/c1-25-13-21-30(22-14-25)38(31-23-15-26(2)16-24-31)36-34(32-11-7-8-12-33(32)39-3)37-35(40-36)29-19-17-28(18-20-29)27-9-5-4-6-10-27/h4-24H,1-3H3. The average molecular weight is 539 g/mol. The third-order valence-corrected chi connectivity index (χ3v) is 8.09. The van der Waals surface area contributed by atoms with Crippen LogP contribution in [0.1, 0.15) is 11.1 Å². The van der Waals surface area contributed by atoms with Gasteiger partial charge in [0.15, 0.2) is 0 Å². The van der Waals surface area contributed by atoms with E-state index in [0.717, 1.165) is 44.0 Å². The van der Waals surface area contributed by atoms with Crippen LogP contribution >= 0.6 is 11.3 Å². The molecule has 0 atom stereocenters. The van der Waals surface area contributed by atoms with E-state index in [1.54, 1.807) is 18.4 Å². The summed E-state index contributed by atoms with van der Waals surface area (Å²) in [5, 5.41) is 2.00. The van der Waals surface area contributed by atoms with E-state index in [1.165, 1.54) is 22.3 Å². The van der Waals surface area contributed by atoms with E-state index in [-0.39, 0.29) is 0 Å². The highest BCUT2D eigenvalue weighted by Gasteiger charge is 2.24. The number of hydrogen-bond acceptors (Lipinski definition) is 4. The molecule has 40 heavy (non-hydrogen) atoms. The van der Waals surface area contributed by atoms with Gasteiger partial charge >= 0.3 is 0 Å². The molecule has 6 rings (SSSR count). The molecule has 0 amide bonds. The third kappa shape index (κ3) is 5.14. The van der Waals surface area contributed by atoms with E-state index in [4.69, 9.17) is 9.72 Å². The van der Waals surface area contributed by atoms with Gasteiger partial charge in [-0.1, -0.05) is 113 Å². The number of benzene rings is 5. The van der Waals surface area contributed by atoms with E-state index in [9.17, 15) is 0 Å². The van der Waals surface area contributed by atoms with Gasteiger partial charge in [0.1, 0.15) is 21.5 Å². The molecule has 4 heteroatoms. The van der Waals surface area contributed by atoms with Crippen LogP contribution in [-0.2, 0) is 0 Å². The molecule has 1 heterocycles. The number of para-hydroxylation sites is 1. The Balaban J connectivity index is 1.54. The van der Waals surface area contributed by atoms with E-state index < -0.39 is 0 Å². The lowest BCUT2D eigenvalue weighted by Crippen LogP contribution is -2.09. The van der Waals surface area contributed by atoms with E-state index in [0.29, 0.717) is 0 Å². The van der Waals surface area contributed by atoms with Crippen molar-refractivity contribution in [1.29, 1.82) is 0 Å². The van der Waals surface area contributed by atoms with Crippen molar-refractivity contribution in [2.24, 2.45) is 0 Å². The summed E-state index contributed by atoms with van der Waals surface area (Å²) in [5.41, 5.74) is 9.95. The van der Waals surface area contributed by atoms with Gasteiger partial charge < -0.3 is 9.64 Å². The molecule has 0 bridgehead atoms. The Bertz CT molecular complexity index is 1680. The molecular weight excluding hydrogens is 508 g/mol. The number of thiazole rings is 1. The first-order chi connectivity index (χ1) is 19.6.